The minimum atomic E-state index is 1.23. The first-order valence-electron chi connectivity index (χ1n) is 2.22. The molecule has 30 valence electrons. The molecule has 0 heterocycles. The summed E-state index contributed by atoms with van der Waals surface area (Å²) in [4.78, 5) is 0. The van der Waals surface area contributed by atoms with E-state index in [1.807, 2.05) is 0 Å². The van der Waals surface area contributed by atoms with Crippen LogP contribution < -0.4 is 0 Å². The van der Waals surface area contributed by atoms with Gasteiger partial charge >= 0.3 is 0 Å². The van der Waals surface area contributed by atoms with Gasteiger partial charge < -0.3 is 0 Å². The zero-order chi connectivity index (χ0) is 4.41. The van der Waals surface area contributed by atoms with E-state index in [1.165, 1.54) is 22.7 Å². The van der Waals surface area contributed by atoms with Gasteiger partial charge in [-0.05, 0) is 6.42 Å². The molecule has 0 nitrogen and oxygen atoms in total. The Morgan fingerprint density at radius 3 is 2.67 bits per heavy atom. The Labute approximate surface area is 46.0 Å². The zero-order valence-electron chi connectivity index (χ0n) is 3.94. The number of allylic oxidation sites excluding steroid dienone is 4. The summed E-state index contributed by atoms with van der Waals surface area (Å²) >= 11 is 1.25. The minimum Gasteiger partial charge on any atom is -0.137 e. The van der Waals surface area contributed by atoms with Gasteiger partial charge in [0.2, 0.25) is 0 Å². The quantitative estimate of drug-likeness (QED) is 0.382. The van der Waals surface area contributed by atoms with E-state index in [9.17, 15) is 0 Å². The highest BCUT2D eigenvalue weighted by Crippen LogP contribution is 2.03. The second-order valence-corrected chi connectivity index (χ2v) is 2.93. The van der Waals surface area contributed by atoms with E-state index in [4.69, 9.17) is 0 Å². The van der Waals surface area contributed by atoms with Crippen molar-refractivity contribution in [1.29, 1.82) is 0 Å². The summed E-state index contributed by atoms with van der Waals surface area (Å²) in [6, 6.07) is 0. The van der Waals surface area contributed by atoms with Crippen molar-refractivity contribution in [2.24, 2.45) is 0 Å². The van der Waals surface area contributed by atoms with Gasteiger partial charge in [-0.25, -0.2) is 0 Å². The summed E-state index contributed by atoms with van der Waals surface area (Å²) in [5, 5.41) is 0. The van der Waals surface area contributed by atoms with E-state index in [0.717, 1.165) is 0 Å². The molecule has 0 bridgehead atoms. The van der Waals surface area contributed by atoms with Crippen molar-refractivity contribution in [2.45, 2.75) is 6.42 Å². The molecular formula is C5H7Al. The molecular weight excluding hydrogens is 87.0 g/mol. The highest BCUT2D eigenvalue weighted by molar-refractivity contribution is 6.22. The summed E-state index contributed by atoms with van der Waals surface area (Å²) in [5.41, 5.74) is 0. The van der Waals surface area contributed by atoms with Gasteiger partial charge in [-0.15, -0.1) is 4.44 Å². The molecule has 0 saturated heterocycles. The van der Waals surface area contributed by atoms with Crippen LogP contribution in [0.3, 0.4) is 0 Å². The third-order valence-electron chi connectivity index (χ3n) is 0.957. The predicted molar refractivity (Wildman–Crippen MR) is 30.4 cm³/mol. The molecule has 0 N–H and O–H groups in total. The van der Waals surface area contributed by atoms with Crippen molar-refractivity contribution >= 4 is 16.3 Å². The smallest absolute Gasteiger partial charge is 0.137 e. The Hall–Kier alpha value is 0.0125. The van der Waals surface area contributed by atoms with Crippen LogP contribution in [-0.2, 0) is 0 Å². The molecule has 0 spiro atoms. The van der Waals surface area contributed by atoms with E-state index in [2.05, 4.69) is 18.2 Å². The number of rotatable bonds is 0. The topological polar surface area (TPSA) is 0 Å². The van der Waals surface area contributed by atoms with Gasteiger partial charge in [0, 0.05) is 0 Å². The maximum atomic E-state index is 2.20. The molecule has 0 aliphatic heterocycles. The van der Waals surface area contributed by atoms with Gasteiger partial charge in [0.25, 0.3) is 16.3 Å². The number of hydrogen-bond donors (Lipinski definition) is 0. The molecule has 0 aromatic rings. The Balaban J connectivity index is 2.61. The summed E-state index contributed by atoms with van der Waals surface area (Å²) in [5.74, 6) is 0. The fraction of sp³-hybridized carbons (Fsp3) is 0.200. The van der Waals surface area contributed by atoms with E-state index in [-0.39, 0.29) is 0 Å². The molecule has 0 atom stereocenters. The van der Waals surface area contributed by atoms with Crippen LogP contribution >= 0.6 is 0 Å². The van der Waals surface area contributed by atoms with Crippen molar-refractivity contribution in [2.75, 3.05) is 0 Å². The van der Waals surface area contributed by atoms with Crippen molar-refractivity contribution in [3.8, 4) is 0 Å². The lowest BCUT2D eigenvalue weighted by Gasteiger charge is -1.78. The summed E-state index contributed by atoms with van der Waals surface area (Å²) in [7, 11) is 0. The van der Waals surface area contributed by atoms with E-state index < -0.39 is 0 Å². The van der Waals surface area contributed by atoms with Crippen molar-refractivity contribution in [3.63, 3.8) is 0 Å². The van der Waals surface area contributed by atoms with E-state index in [0.29, 0.717) is 0 Å². The lowest BCUT2D eigenvalue weighted by atomic mass is 10.5. The molecule has 0 saturated carbocycles. The van der Waals surface area contributed by atoms with Gasteiger partial charge in [0.05, 0.1) is 0 Å². The molecule has 0 radical (unpaired) electrons. The second kappa shape index (κ2) is 1.64. The second-order valence-electron chi connectivity index (χ2n) is 1.65. The maximum absolute atomic E-state index is 2.20. The molecule has 0 aromatic carbocycles. The standard InChI is InChI=1S/C5H5.Al.2H/c1-2-4-5-3-1;;;/h1-3H,4H2;;;. The van der Waals surface area contributed by atoms with Gasteiger partial charge in [-0.1, -0.05) is 18.2 Å². The fourth-order valence-electron chi connectivity index (χ4n) is 0.554. The van der Waals surface area contributed by atoms with Crippen LogP contribution in [0.4, 0.5) is 0 Å². The van der Waals surface area contributed by atoms with Crippen LogP contribution in [0.2, 0.25) is 0 Å². The van der Waals surface area contributed by atoms with Crippen LogP contribution in [0.1, 0.15) is 6.42 Å². The predicted octanol–water partition coefficient (Wildman–Crippen LogP) is 0.463. The Bertz CT molecular complexity index is 101. The normalized spacial score (nSPS) is 18.3. The highest BCUT2D eigenvalue weighted by Gasteiger charge is 1.86. The largest absolute Gasteiger partial charge is 0.252 e. The molecule has 1 aliphatic carbocycles. The van der Waals surface area contributed by atoms with Crippen LogP contribution in [0.25, 0.3) is 0 Å². The van der Waals surface area contributed by atoms with Crippen LogP contribution in [0.5, 0.6) is 0 Å². The van der Waals surface area contributed by atoms with E-state index in [1.54, 1.807) is 4.44 Å². The average Bonchev–Trinajstić information content (AvgIpc) is 1.86. The zero-order valence-corrected chi connectivity index (χ0v) is 5.94. The molecule has 0 amide bonds. The first-order valence-corrected chi connectivity index (χ1v) is 3.22. The van der Waals surface area contributed by atoms with Gasteiger partial charge in [-0.2, -0.15) is 0 Å². The molecule has 0 fully saturated rings. The van der Waals surface area contributed by atoms with Gasteiger partial charge in [0.15, 0.2) is 0 Å². The van der Waals surface area contributed by atoms with Crippen LogP contribution in [-0.4, -0.2) is 16.3 Å². The fourth-order valence-corrected chi connectivity index (χ4v) is 0.982. The van der Waals surface area contributed by atoms with Gasteiger partial charge in [0.1, 0.15) is 0 Å². The SMILES string of the molecule is [AlH2][C]1=CC=CC1. The Morgan fingerprint density at radius 1 is 1.67 bits per heavy atom. The molecule has 1 rings (SSSR count). The van der Waals surface area contributed by atoms with E-state index >= 15 is 0 Å². The maximum Gasteiger partial charge on any atom is 0.252 e. The van der Waals surface area contributed by atoms with Crippen molar-refractivity contribution in [1.82, 2.24) is 0 Å². The lowest BCUT2D eigenvalue weighted by molar-refractivity contribution is 1.41. The molecule has 1 heteroatoms. The number of hydrogen-bond acceptors (Lipinski definition) is 0. The van der Waals surface area contributed by atoms with Crippen molar-refractivity contribution in [3.05, 3.63) is 22.7 Å². The monoisotopic (exact) mass is 94.0 g/mol. The Morgan fingerprint density at radius 2 is 2.50 bits per heavy atom. The molecule has 6 heavy (non-hydrogen) atoms. The Kier molecular flexibility index (Phi) is 1.14. The minimum absolute atomic E-state index is 1.23. The average molecular weight is 94.1 g/mol. The van der Waals surface area contributed by atoms with Crippen molar-refractivity contribution < 1.29 is 0 Å². The third-order valence-corrected chi connectivity index (χ3v) is 1.70. The summed E-state index contributed by atoms with van der Waals surface area (Å²) in [6.07, 6.45) is 7.75. The first kappa shape index (κ1) is 4.18. The molecule has 1 aliphatic rings. The first-order chi connectivity index (χ1) is 2.89. The lowest BCUT2D eigenvalue weighted by Crippen LogP contribution is -1.68. The third kappa shape index (κ3) is 0.740. The summed E-state index contributed by atoms with van der Waals surface area (Å²) in [6.45, 7) is 0. The van der Waals surface area contributed by atoms with Gasteiger partial charge in [-0.3, -0.25) is 0 Å². The summed E-state index contributed by atoms with van der Waals surface area (Å²) < 4.78 is 1.61. The molecule has 0 aromatic heterocycles. The highest BCUT2D eigenvalue weighted by atomic mass is 27.0. The van der Waals surface area contributed by atoms with Crippen LogP contribution in [0, 0.1) is 0 Å². The molecule has 0 unspecified atom stereocenters. The van der Waals surface area contributed by atoms with Crippen LogP contribution in [0.15, 0.2) is 22.7 Å².